The molecule has 0 radical (unpaired) electrons. The Morgan fingerprint density at radius 2 is 1.82 bits per heavy atom. The first-order valence-electron chi connectivity index (χ1n) is 8.31. The molecule has 1 atom stereocenters. The quantitative estimate of drug-likeness (QED) is 0.833. The molecule has 2 saturated heterocycles. The molecule has 0 aromatic rings. The molecule has 2 aliphatic heterocycles. The Balaban J connectivity index is 0.00000242. The minimum Gasteiger partial charge on any atom is -0.381 e. The van der Waals surface area contributed by atoms with Crippen molar-refractivity contribution in [3.05, 3.63) is 0 Å². The second-order valence-corrected chi connectivity index (χ2v) is 6.73. The van der Waals surface area contributed by atoms with Crippen LogP contribution in [0, 0.1) is 11.8 Å². The molecule has 0 aromatic carbocycles. The highest BCUT2D eigenvalue weighted by atomic mass is 35.5. The Morgan fingerprint density at radius 3 is 2.36 bits per heavy atom. The van der Waals surface area contributed by atoms with Crippen LogP contribution in [0.3, 0.4) is 0 Å². The van der Waals surface area contributed by atoms with Gasteiger partial charge in [-0.1, -0.05) is 13.8 Å². The first-order chi connectivity index (χ1) is 10.1. The Bertz CT molecular complexity index is 327. The summed E-state index contributed by atoms with van der Waals surface area (Å²) >= 11 is 0. The van der Waals surface area contributed by atoms with E-state index in [1.807, 2.05) is 4.90 Å². The third-order valence-corrected chi connectivity index (χ3v) is 4.48. The molecule has 5 nitrogen and oxygen atoms in total. The van der Waals surface area contributed by atoms with E-state index in [1.54, 1.807) is 0 Å². The average molecular weight is 335 g/mol. The molecule has 22 heavy (non-hydrogen) atoms. The zero-order chi connectivity index (χ0) is 15.2. The normalized spacial score (nSPS) is 22.5. The summed E-state index contributed by atoms with van der Waals surface area (Å²) in [6, 6.07) is -0.359. The van der Waals surface area contributed by atoms with Gasteiger partial charge in [-0.25, -0.2) is 0 Å². The molecular weight excluding hydrogens is 304 g/mol. The summed E-state index contributed by atoms with van der Waals surface area (Å²) in [4.78, 5) is 14.4. The topological polar surface area (TPSA) is 64.8 Å². The molecule has 1 amide bonds. The number of nitrogens with zero attached hydrogens (tertiary/aromatic N) is 1. The van der Waals surface area contributed by atoms with Crippen LogP contribution in [0.5, 0.6) is 0 Å². The van der Waals surface area contributed by atoms with Gasteiger partial charge < -0.3 is 20.1 Å². The number of nitrogens with two attached hydrogens (primary N) is 1. The van der Waals surface area contributed by atoms with Crippen molar-refractivity contribution in [3.63, 3.8) is 0 Å². The molecule has 2 aliphatic rings. The maximum absolute atomic E-state index is 12.5. The third kappa shape index (κ3) is 5.69. The summed E-state index contributed by atoms with van der Waals surface area (Å²) in [6.45, 7) is 8.14. The van der Waals surface area contributed by atoms with Crippen molar-refractivity contribution in [1.82, 2.24) is 4.90 Å². The zero-order valence-electron chi connectivity index (χ0n) is 13.8. The van der Waals surface area contributed by atoms with E-state index < -0.39 is 0 Å². The Labute approximate surface area is 140 Å². The predicted octanol–water partition coefficient (Wildman–Crippen LogP) is 1.83. The van der Waals surface area contributed by atoms with Gasteiger partial charge in [0.25, 0.3) is 0 Å². The van der Waals surface area contributed by atoms with Gasteiger partial charge in [-0.15, -0.1) is 12.4 Å². The number of carbonyl (C=O) groups is 1. The highest BCUT2D eigenvalue weighted by Crippen LogP contribution is 2.21. The van der Waals surface area contributed by atoms with Gasteiger partial charge in [-0.05, 0) is 37.5 Å². The van der Waals surface area contributed by atoms with Crippen LogP contribution in [-0.2, 0) is 14.3 Å². The predicted molar refractivity (Wildman–Crippen MR) is 89.2 cm³/mol. The molecule has 1 unspecified atom stereocenters. The van der Waals surface area contributed by atoms with E-state index in [2.05, 4.69) is 13.8 Å². The van der Waals surface area contributed by atoms with Crippen molar-refractivity contribution < 1.29 is 14.3 Å². The van der Waals surface area contributed by atoms with Crippen molar-refractivity contribution in [3.8, 4) is 0 Å². The van der Waals surface area contributed by atoms with Crippen molar-refractivity contribution in [1.29, 1.82) is 0 Å². The monoisotopic (exact) mass is 334 g/mol. The number of ether oxygens (including phenoxy) is 2. The molecule has 2 heterocycles. The molecule has 0 saturated carbocycles. The van der Waals surface area contributed by atoms with Gasteiger partial charge in [0.05, 0.1) is 12.1 Å². The Kier molecular flexibility index (Phi) is 8.69. The van der Waals surface area contributed by atoms with E-state index in [-0.39, 0.29) is 30.3 Å². The van der Waals surface area contributed by atoms with Crippen molar-refractivity contribution in [2.45, 2.75) is 51.7 Å². The molecule has 0 bridgehead atoms. The number of likely N-dealkylation sites (tertiary alicyclic amines) is 1. The summed E-state index contributed by atoms with van der Waals surface area (Å²) in [5.41, 5.74) is 6.18. The highest BCUT2D eigenvalue weighted by Gasteiger charge is 2.32. The highest BCUT2D eigenvalue weighted by molar-refractivity contribution is 5.85. The molecule has 6 heteroatoms. The van der Waals surface area contributed by atoms with E-state index in [0.717, 1.165) is 58.6 Å². The van der Waals surface area contributed by atoms with Gasteiger partial charge in [0.1, 0.15) is 0 Å². The number of carbonyl (C=O) groups excluding carboxylic acids is 1. The summed E-state index contributed by atoms with van der Waals surface area (Å²) in [7, 11) is 0. The largest absolute Gasteiger partial charge is 0.381 e. The lowest BCUT2D eigenvalue weighted by Gasteiger charge is -2.36. The molecule has 2 rings (SSSR count). The summed E-state index contributed by atoms with van der Waals surface area (Å²) in [5, 5.41) is 0. The van der Waals surface area contributed by atoms with Gasteiger partial charge in [0.15, 0.2) is 0 Å². The number of amides is 1. The maximum atomic E-state index is 12.5. The average Bonchev–Trinajstić information content (AvgIpc) is 2.53. The van der Waals surface area contributed by atoms with E-state index in [0.29, 0.717) is 12.0 Å². The smallest absolute Gasteiger partial charge is 0.239 e. The van der Waals surface area contributed by atoms with Crippen LogP contribution in [0.15, 0.2) is 0 Å². The zero-order valence-corrected chi connectivity index (χ0v) is 14.6. The van der Waals surface area contributed by atoms with Gasteiger partial charge in [-0.3, -0.25) is 4.79 Å². The maximum Gasteiger partial charge on any atom is 0.239 e. The lowest BCUT2D eigenvalue weighted by Crippen LogP contribution is -2.51. The minimum absolute atomic E-state index is 0. The molecule has 2 fully saturated rings. The number of hydrogen-bond acceptors (Lipinski definition) is 4. The number of halogens is 1. The van der Waals surface area contributed by atoms with Gasteiger partial charge in [-0.2, -0.15) is 0 Å². The lowest BCUT2D eigenvalue weighted by atomic mass is 9.91. The van der Waals surface area contributed by atoms with Gasteiger partial charge >= 0.3 is 0 Å². The van der Waals surface area contributed by atoms with E-state index in [1.165, 1.54) is 0 Å². The standard InChI is InChI=1S/C16H30N2O3.ClH/c1-12(2)11-21-14-3-7-18(8-4-14)16(19)15(17)13-5-9-20-10-6-13;/h12-15H,3-11,17H2,1-2H3;1H. The van der Waals surface area contributed by atoms with E-state index in [9.17, 15) is 4.79 Å². The Morgan fingerprint density at radius 1 is 1.23 bits per heavy atom. The first-order valence-corrected chi connectivity index (χ1v) is 8.31. The van der Waals surface area contributed by atoms with E-state index >= 15 is 0 Å². The number of hydrogen-bond donors (Lipinski definition) is 1. The van der Waals surface area contributed by atoms with Crippen LogP contribution in [0.25, 0.3) is 0 Å². The van der Waals surface area contributed by atoms with E-state index in [4.69, 9.17) is 15.2 Å². The fraction of sp³-hybridized carbons (Fsp3) is 0.938. The molecule has 0 aromatic heterocycles. The second kappa shape index (κ2) is 9.71. The van der Waals surface area contributed by atoms with Crippen molar-refractivity contribution in [2.75, 3.05) is 32.9 Å². The first kappa shape index (κ1) is 19.7. The molecule has 0 spiro atoms. The molecule has 2 N–H and O–H groups in total. The van der Waals surface area contributed by atoms with Crippen LogP contribution < -0.4 is 5.73 Å². The summed E-state index contributed by atoms with van der Waals surface area (Å²) in [6.07, 6.45) is 3.97. The Hall–Kier alpha value is -0.360. The number of piperidine rings is 1. The second-order valence-electron chi connectivity index (χ2n) is 6.73. The van der Waals surface area contributed by atoms with Crippen LogP contribution in [0.2, 0.25) is 0 Å². The summed E-state index contributed by atoms with van der Waals surface area (Å²) in [5.74, 6) is 0.956. The summed E-state index contributed by atoms with van der Waals surface area (Å²) < 4.78 is 11.2. The van der Waals surface area contributed by atoms with Gasteiger partial charge in [0.2, 0.25) is 5.91 Å². The fourth-order valence-electron chi connectivity index (χ4n) is 3.06. The van der Waals surface area contributed by atoms with Crippen molar-refractivity contribution in [2.24, 2.45) is 17.6 Å². The third-order valence-electron chi connectivity index (χ3n) is 4.48. The molecule has 130 valence electrons. The minimum atomic E-state index is -0.359. The molecular formula is C16H31ClN2O3. The van der Waals surface area contributed by atoms with Crippen LogP contribution in [-0.4, -0.2) is 55.9 Å². The van der Waals surface area contributed by atoms with Crippen LogP contribution in [0.1, 0.15) is 39.5 Å². The fourth-order valence-corrected chi connectivity index (χ4v) is 3.06. The van der Waals surface area contributed by atoms with Gasteiger partial charge in [0, 0.05) is 32.9 Å². The number of rotatable bonds is 5. The molecule has 0 aliphatic carbocycles. The van der Waals surface area contributed by atoms with Crippen LogP contribution >= 0.6 is 12.4 Å². The SMILES string of the molecule is CC(C)COC1CCN(C(=O)C(N)C2CCOCC2)CC1.Cl. The van der Waals surface area contributed by atoms with Crippen molar-refractivity contribution >= 4 is 18.3 Å². The van der Waals surface area contributed by atoms with Crippen LogP contribution in [0.4, 0.5) is 0 Å². The lowest BCUT2D eigenvalue weighted by molar-refractivity contribution is -0.137.